The van der Waals surface area contributed by atoms with Crippen LogP contribution in [-0.4, -0.2) is 36.5 Å². The van der Waals surface area contributed by atoms with E-state index in [-0.39, 0.29) is 30.7 Å². The van der Waals surface area contributed by atoms with Gasteiger partial charge >= 0.3 is 0 Å². The Morgan fingerprint density at radius 2 is 1.92 bits per heavy atom. The van der Waals surface area contributed by atoms with Crippen LogP contribution in [0.25, 0.3) is 0 Å². The lowest BCUT2D eigenvalue weighted by Gasteiger charge is -2.17. The molecular formula is C7H17NO4S. The van der Waals surface area contributed by atoms with Crippen LogP contribution >= 0.6 is 0 Å². The van der Waals surface area contributed by atoms with E-state index in [0.29, 0.717) is 6.42 Å². The third kappa shape index (κ3) is 6.94. The summed E-state index contributed by atoms with van der Waals surface area (Å²) in [6.45, 7) is 1.88. The molecule has 0 rings (SSSR count). The van der Waals surface area contributed by atoms with Gasteiger partial charge in [0, 0.05) is 12.6 Å². The largest absolute Gasteiger partial charge is 0.396 e. The van der Waals surface area contributed by atoms with E-state index in [1.54, 1.807) is 0 Å². The number of rotatable bonds is 6. The van der Waals surface area contributed by atoms with Gasteiger partial charge in [-0.1, -0.05) is 6.92 Å². The molecule has 0 amide bonds. The van der Waals surface area contributed by atoms with E-state index in [1.807, 2.05) is 6.92 Å². The van der Waals surface area contributed by atoms with Gasteiger partial charge in [0.1, 0.15) is 0 Å². The first-order valence-corrected chi connectivity index (χ1v) is 5.79. The van der Waals surface area contributed by atoms with Crippen molar-refractivity contribution in [3.05, 3.63) is 0 Å². The fourth-order valence-electron chi connectivity index (χ4n) is 0.987. The van der Waals surface area contributed by atoms with Crippen molar-refractivity contribution in [1.82, 2.24) is 0 Å². The van der Waals surface area contributed by atoms with Gasteiger partial charge in [-0.2, -0.15) is 8.42 Å². The average Bonchev–Trinajstić information content (AvgIpc) is 1.99. The first-order chi connectivity index (χ1) is 5.87. The molecule has 0 aromatic rings. The second-order valence-corrected chi connectivity index (χ2v) is 4.80. The maximum atomic E-state index is 10.4. The molecule has 0 aromatic carbocycles. The van der Waals surface area contributed by atoms with Crippen molar-refractivity contribution in [2.75, 3.05) is 12.4 Å². The zero-order valence-corrected chi connectivity index (χ0v) is 8.50. The van der Waals surface area contributed by atoms with E-state index in [9.17, 15) is 8.42 Å². The zero-order valence-electron chi connectivity index (χ0n) is 7.68. The summed E-state index contributed by atoms with van der Waals surface area (Å²) in [4.78, 5) is 0. The fourth-order valence-corrected chi connectivity index (χ4v) is 1.56. The topological polar surface area (TPSA) is 101 Å². The molecule has 0 radical (unpaired) electrons. The van der Waals surface area contributed by atoms with E-state index in [1.165, 1.54) is 0 Å². The number of hydrogen-bond acceptors (Lipinski definition) is 4. The van der Waals surface area contributed by atoms with Crippen molar-refractivity contribution in [1.29, 1.82) is 0 Å². The molecule has 0 bridgehead atoms. The highest BCUT2D eigenvalue weighted by molar-refractivity contribution is 7.85. The van der Waals surface area contributed by atoms with Gasteiger partial charge in [0.25, 0.3) is 10.1 Å². The Kier molecular flexibility index (Phi) is 5.46. The third-order valence-corrected chi connectivity index (χ3v) is 2.78. The molecule has 0 aliphatic rings. The molecule has 4 N–H and O–H groups in total. The number of nitrogens with two attached hydrogens (primary N) is 1. The highest BCUT2D eigenvalue weighted by atomic mass is 32.2. The lowest BCUT2D eigenvalue weighted by Crippen LogP contribution is -2.31. The van der Waals surface area contributed by atoms with Crippen molar-refractivity contribution in [3.8, 4) is 0 Å². The van der Waals surface area contributed by atoms with Crippen LogP contribution in [0.2, 0.25) is 0 Å². The van der Waals surface area contributed by atoms with E-state index in [2.05, 4.69) is 0 Å². The normalized spacial score (nSPS) is 16.9. The van der Waals surface area contributed by atoms with Crippen LogP contribution in [0, 0.1) is 5.92 Å². The highest BCUT2D eigenvalue weighted by Gasteiger charge is 2.15. The minimum atomic E-state index is -3.91. The predicted octanol–water partition coefficient (Wildman–Crippen LogP) is -0.390. The predicted molar refractivity (Wildman–Crippen MR) is 49.9 cm³/mol. The Morgan fingerprint density at radius 3 is 2.31 bits per heavy atom. The van der Waals surface area contributed by atoms with E-state index in [4.69, 9.17) is 15.4 Å². The van der Waals surface area contributed by atoms with Crippen molar-refractivity contribution < 1.29 is 18.1 Å². The summed E-state index contributed by atoms with van der Waals surface area (Å²) < 4.78 is 29.2. The van der Waals surface area contributed by atoms with Crippen molar-refractivity contribution in [2.45, 2.75) is 25.8 Å². The van der Waals surface area contributed by atoms with Gasteiger partial charge < -0.3 is 10.8 Å². The first kappa shape index (κ1) is 12.8. The van der Waals surface area contributed by atoms with Gasteiger partial charge in [0.15, 0.2) is 0 Å². The van der Waals surface area contributed by atoms with Gasteiger partial charge in [-0.05, 0) is 18.8 Å². The molecule has 5 nitrogen and oxygen atoms in total. The second-order valence-electron chi connectivity index (χ2n) is 3.23. The zero-order chi connectivity index (χ0) is 10.5. The van der Waals surface area contributed by atoms with Crippen LogP contribution in [0.4, 0.5) is 0 Å². The fraction of sp³-hybridized carbons (Fsp3) is 1.00. The first-order valence-electron chi connectivity index (χ1n) is 4.18. The Hall–Kier alpha value is -0.170. The minimum absolute atomic E-state index is 0.0424. The summed E-state index contributed by atoms with van der Waals surface area (Å²) in [6.07, 6.45) is 0.770. The molecule has 1 unspecified atom stereocenters. The Labute approximate surface area is 78.7 Å². The van der Waals surface area contributed by atoms with Gasteiger partial charge in [-0.15, -0.1) is 0 Å². The van der Waals surface area contributed by atoms with Crippen LogP contribution < -0.4 is 5.73 Å². The van der Waals surface area contributed by atoms with Crippen molar-refractivity contribution >= 4 is 10.1 Å². The van der Waals surface area contributed by atoms with Crippen LogP contribution in [0.15, 0.2) is 0 Å². The van der Waals surface area contributed by atoms with Crippen molar-refractivity contribution in [3.63, 3.8) is 0 Å². The molecule has 0 aliphatic carbocycles. The van der Waals surface area contributed by atoms with Crippen LogP contribution in [0.3, 0.4) is 0 Å². The lowest BCUT2D eigenvalue weighted by molar-refractivity contribution is 0.248. The molecule has 0 aliphatic heterocycles. The molecule has 80 valence electrons. The van der Waals surface area contributed by atoms with Crippen LogP contribution in [0.5, 0.6) is 0 Å². The Morgan fingerprint density at radius 1 is 1.38 bits per heavy atom. The summed E-state index contributed by atoms with van der Waals surface area (Å²) in [6, 6.07) is -0.297. The molecular weight excluding hydrogens is 194 g/mol. The maximum Gasteiger partial charge on any atom is 0.264 e. The van der Waals surface area contributed by atoms with Gasteiger partial charge in [0.2, 0.25) is 0 Å². The Balaban J connectivity index is 3.80. The van der Waals surface area contributed by atoms with E-state index < -0.39 is 10.1 Å². The minimum Gasteiger partial charge on any atom is -0.396 e. The molecule has 6 heteroatoms. The molecule has 0 spiro atoms. The van der Waals surface area contributed by atoms with Gasteiger partial charge in [-0.3, -0.25) is 4.55 Å². The molecule has 0 heterocycles. The monoisotopic (exact) mass is 211 g/mol. The maximum absolute atomic E-state index is 10.4. The molecule has 2 atom stereocenters. The third-order valence-electron chi connectivity index (χ3n) is 2.02. The van der Waals surface area contributed by atoms with Gasteiger partial charge in [0.05, 0.1) is 5.75 Å². The van der Waals surface area contributed by atoms with E-state index >= 15 is 0 Å². The van der Waals surface area contributed by atoms with Crippen molar-refractivity contribution in [2.24, 2.45) is 11.7 Å². The quantitative estimate of drug-likeness (QED) is 0.519. The summed E-state index contributed by atoms with van der Waals surface area (Å²) in [7, 11) is -3.91. The van der Waals surface area contributed by atoms with Gasteiger partial charge in [-0.25, -0.2) is 0 Å². The second kappa shape index (κ2) is 5.54. The smallest absolute Gasteiger partial charge is 0.264 e. The Bertz CT molecular complexity index is 227. The standard InChI is InChI=1S/C7H17NO4S/c1-6(2-4-9)7(8)3-5-13(10,11)12/h6-7,9H,2-5,8H2,1H3,(H,10,11,12)/t6-,7?/m1/s1. The summed E-state index contributed by atoms with van der Waals surface area (Å²) >= 11 is 0. The molecule has 0 saturated carbocycles. The van der Waals surface area contributed by atoms with E-state index in [0.717, 1.165) is 0 Å². The number of aliphatic hydroxyl groups is 1. The molecule has 0 fully saturated rings. The number of aliphatic hydroxyl groups excluding tert-OH is 1. The molecule has 13 heavy (non-hydrogen) atoms. The summed E-state index contributed by atoms with van der Waals surface area (Å²) in [5.41, 5.74) is 5.62. The molecule has 0 aromatic heterocycles. The van der Waals surface area contributed by atoms with Crippen LogP contribution in [-0.2, 0) is 10.1 Å². The number of hydrogen-bond donors (Lipinski definition) is 3. The van der Waals surface area contributed by atoms with Crippen LogP contribution in [0.1, 0.15) is 19.8 Å². The molecule has 0 saturated heterocycles. The summed E-state index contributed by atoms with van der Waals surface area (Å²) in [5.74, 6) is -0.254. The average molecular weight is 211 g/mol. The summed E-state index contributed by atoms with van der Waals surface area (Å²) in [5, 5.41) is 8.59. The highest BCUT2D eigenvalue weighted by Crippen LogP contribution is 2.09. The SMILES string of the molecule is C[C@H](CCO)C(N)CCS(=O)(=O)O. The lowest BCUT2D eigenvalue weighted by atomic mass is 9.98.